The first-order chi connectivity index (χ1) is 12.8. The molecule has 0 aliphatic rings. The van der Waals surface area contributed by atoms with Crippen LogP contribution in [0.2, 0.25) is 5.02 Å². The highest BCUT2D eigenvalue weighted by Gasteiger charge is 2.07. The Kier molecular flexibility index (Phi) is 4.57. The number of rotatable bonds is 5. The Morgan fingerprint density at radius 1 is 1.04 bits per heavy atom. The molecule has 7 heteroatoms. The summed E-state index contributed by atoms with van der Waals surface area (Å²) in [7, 11) is 0. The minimum atomic E-state index is 0.565. The predicted molar refractivity (Wildman–Crippen MR) is 101 cm³/mol. The van der Waals surface area contributed by atoms with Crippen molar-refractivity contribution < 1.29 is 0 Å². The third-order valence-corrected chi connectivity index (χ3v) is 4.04. The summed E-state index contributed by atoms with van der Waals surface area (Å²) in [5.41, 5.74) is 3.71. The summed E-state index contributed by atoms with van der Waals surface area (Å²) in [6.45, 7) is 0.633. The summed E-state index contributed by atoms with van der Waals surface area (Å²) in [5.74, 6) is 0.565. The Morgan fingerprint density at radius 2 is 1.92 bits per heavy atom. The molecule has 0 saturated heterocycles. The van der Waals surface area contributed by atoms with Crippen molar-refractivity contribution in [2.75, 3.05) is 5.32 Å². The smallest absolute Gasteiger partial charge is 0.223 e. The van der Waals surface area contributed by atoms with Gasteiger partial charge in [0, 0.05) is 41.9 Å². The summed E-state index contributed by atoms with van der Waals surface area (Å²) in [6, 6.07) is 13.3. The number of pyridine rings is 1. The van der Waals surface area contributed by atoms with Crippen molar-refractivity contribution in [2.45, 2.75) is 6.54 Å². The summed E-state index contributed by atoms with van der Waals surface area (Å²) in [6.07, 6.45) is 8.95. The van der Waals surface area contributed by atoms with Gasteiger partial charge in [-0.15, -0.1) is 0 Å². The minimum Gasteiger partial charge on any atom is -0.350 e. The molecule has 0 spiro atoms. The number of nitrogens with zero attached hydrogens (tertiary/aromatic N) is 5. The van der Waals surface area contributed by atoms with Crippen molar-refractivity contribution in [3.05, 3.63) is 84.0 Å². The standard InChI is InChI=1S/C19H15ClN6/c20-16-2-1-3-17(10-16)26-13-15(12-24-26)18-6-9-22-19(25-18)23-11-14-4-7-21-8-5-14/h1-10,12-13H,11H2,(H,22,23,25). The average molecular weight is 363 g/mol. The van der Waals surface area contributed by atoms with E-state index in [2.05, 4.69) is 25.4 Å². The van der Waals surface area contributed by atoms with Crippen LogP contribution in [0.15, 0.2) is 73.4 Å². The second kappa shape index (κ2) is 7.33. The van der Waals surface area contributed by atoms with E-state index < -0.39 is 0 Å². The maximum atomic E-state index is 6.05. The Balaban J connectivity index is 1.53. The molecule has 1 N–H and O–H groups in total. The third kappa shape index (κ3) is 3.70. The Labute approximate surface area is 155 Å². The van der Waals surface area contributed by atoms with E-state index in [0.29, 0.717) is 17.5 Å². The van der Waals surface area contributed by atoms with Crippen molar-refractivity contribution in [1.82, 2.24) is 24.7 Å². The van der Waals surface area contributed by atoms with Crippen LogP contribution in [0.5, 0.6) is 0 Å². The van der Waals surface area contributed by atoms with Gasteiger partial charge in [-0.3, -0.25) is 4.98 Å². The molecule has 128 valence electrons. The highest BCUT2D eigenvalue weighted by Crippen LogP contribution is 2.20. The average Bonchev–Trinajstić information content (AvgIpc) is 3.18. The maximum absolute atomic E-state index is 6.05. The zero-order valence-corrected chi connectivity index (χ0v) is 14.5. The van der Waals surface area contributed by atoms with Crippen molar-refractivity contribution in [3.63, 3.8) is 0 Å². The first-order valence-corrected chi connectivity index (χ1v) is 8.42. The molecule has 0 atom stereocenters. The second-order valence-corrected chi connectivity index (χ2v) is 6.06. The van der Waals surface area contributed by atoms with Gasteiger partial charge in [0.2, 0.25) is 5.95 Å². The van der Waals surface area contributed by atoms with E-state index in [0.717, 1.165) is 22.5 Å². The lowest BCUT2D eigenvalue weighted by molar-refractivity contribution is 0.881. The summed E-state index contributed by atoms with van der Waals surface area (Å²) < 4.78 is 1.77. The fraction of sp³-hybridized carbons (Fsp3) is 0.0526. The topological polar surface area (TPSA) is 68.5 Å². The van der Waals surface area contributed by atoms with E-state index in [9.17, 15) is 0 Å². The number of halogens is 1. The summed E-state index contributed by atoms with van der Waals surface area (Å²) >= 11 is 6.05. The fourth-order valence-electron chi connectivity index (χ4n) is 2.50. The first kappa shape index (κ1) is 16.2. The van der Waals surface area contributed by atoms with Gasteiger partial charge in [0.25, 0.3) is 0 Å². The van der Waals surface area contributed by atoms with Gasteiger partial charge >= 0.3 is 0 Å². The maximum Gasteiger partial charge on any atom is 0.223 e. The van der Waals surface area contributed by atoms with E-state index in [1.54, 1.807) is 29.5 Å². The molecule has 3 aromatic heterocycles. The van der Waals surface area contributed by atoms with E-state index >= 15 is 0 Å². The number of anilines is 1. The zero-order chi connectivity index (χ0) is 17.8. The van der Waals surface area contributed by atoms with Gasteiger partial charge in [-0.05, 0) is 42.0 Å². The molecular weight excluding hydrogens is 348 g/mol. The van der Waals surface area contributed by atoms with Crippen molar-refractivity contribution >= 4 is 17.5 Å². The number of hydrogen-bond donors (Lipinski definition) is 1. The van der Waals surface area contributed by atoms with Crippen molar-refractivity contribution in [1.29, 1.82) is 0 Å². The molecule has 4 aromatic rings. The number of aromatic nitrogens is 5. The predicted octanol–water partition coefficient (Wildman–Crippen LogP) is 3.99. The Hall–Kier alpha value is -3.25. The molecule has 6 nitrogen and oxygen atoms in total. The van der Waals surface area contributed by atoms with E-state index in [4.69, 9.17) is 11.6 Å². The monoisotopic (exact) mass is 362 g/mol. The SMILES string of the molecule is Clc1cccc(-n2cc(-c3ccnc(NCc4ccncc4)n3)cn2)c1. The zero-order valence-electron chi connectivity index (χ0n) is 13.7. The molecule has 0 amide bonds. The van der Waals surface area contributed by atoms with Crippen LogP contribution in [0, 0.1) is 0 Å². The highest BCUT2D eigenvalue weighted by atomic mass is 35.5. The van der Waals surface area contributed by atoms with E-state index in [1.165, 1.54) is 0 Å². The van der Waals surface area contributed by atoms with Crippen LogP contribution < -0.4 is 5.32 Å². The third-order valence-electron chi connectivity index (χ3n) is 3.81. The van der Waals surface area contributed by atoms with Gasteiger partial charge < -0.3 is 5.32 Å². The fourth-order valence-corrected chi connectivity index (χ4v) is 2.69. The first-order valence-electron chi connectivity index (χ1n) is 8.05. The Morgan fingerprint density at radius 3 is 2.77 bits per heavy atom. The lowest BCUT2D eigenvalue weighted by atomic mass is 10.2. The van der Waals surface area contributed by atoms with E-state index in [-0.39, 0.29) is 0 Å². The molecule has 26 heavy (non-hydrogen) atoms. The molecule has 4 rings (SSSR count). The van der Waals surface area contributed by atoms with Crippen LogP contribution in [0.1, 0.15) is 5.56 Å². The van der Waals surface area contributed by atoms with Crippen LogP contribution in [0.25, 0.3) is 16.9 Å². The van der Waals surface area contributed by atoms with Crippen LogP contribution in [-0.2, 0) is 6.54 Å². The molecule has 0 aliphatic heterocycles. The quantitative estimate of drug-likeness (QED) is 0.581. The molecule has 3 heterocycles. The molecule has 1 aromatic carbocycles. The number of benzene rings is 1. The second-order valence-electron chi connectivity index (χ2n) is 5.63. The molecule has 0 aliphatic carbocycles. The van der Waals surface area contributed by atoms with Gasteiger partial charge in [-0.2, -0.15) is 5.10 Å². The van der Waals surface area contributed by atoms with Crippen LogP contribution in [0.4, 0.5) is 5.95 Å². The normalized spacial score (nSPS) is 10.7. The van der Waals surface area contributed by atoms with Gasteiger partial charge in [0.05, 0.1) is 17.6 Å². The van der Waals surface area contributed by atoms with E-state index in [1.807, 2.05) is 48.7 Å². The van der Waals surface area contributed by atoms with Crippen LogP contribution >= 0.6 is 11.6 Å². The molecular formula is C19H15ClN6. The minimum absolute atomic E-state index is 0.565. The highest BCUT2D eigenvalue weighted by molar-refractivity contribution is 6.30. The molecule has 0 bridgehead atoms. The van der Waals surface area contributed by atoms with Gasteiger partial charge in [0.15, 0.2) is 0 Å². The molecule has 0 unspecified atom stereocenters. The van der Waals surface area contributed by atoms with Gasteiger partial charge in [-0.25, -0.2) is 14.6 Å². The lowest BCUT2D eigenvalue weighted by Crippen LogP contribution is -2.03. The lowest BCUT2D eigenvalue weighted by Gasteiger charge is -2.05. The van der Waals surface area contributed by atoms with Gasteiger partial charge in [-0.1, -0.05) is 17.7 Å². The molecule has 0 saturated carbocycles. The van der Waals surface area contributed by atoms with Crippen LogP contribution in [0.3, 0.4) is 0 Å². The number of nitrogens with one attached hydrogen (secondary N) is 1. The molecule has 0 fully saturated rings. The van der Waals surface area contributed by atoms with Crippen molar-refractivity contribution in [3.8, 4) is 16.9 Å². The summed E-state index contributed by atoms with van der Waals surface area (Å²) in [4.78, 5) is 12.8. The van der Waals surface area contributed by atoms with Crippen LogP contribution in [-0.4, -0.2) is 24.7 Å². The van der Waals surface area contributed by atoms with Gasteiger partial charge in [0.1, 0.15) is 0 Å². The van der Waals surface area contributed by atoms with Crippen molar-refractivity contribution in [2.24, 2.45) is 0 Å². The largest absolute Gasteiger partial charge is 0.350 e. The Bertz CT molecular complexity index is 1020. The molecule has 0 radical (unpaired) electrons. The number of hydrogen-bond acceptors (Lipinski definition) is 5. The summed E-state index contributed by atoms with van der Waals surface area (Å²) in [5, 5.41) is 8.29.